The predicted octanol–water partition coefficient (Wildman–Crippen LogP) is 3.14. The van der Waals surface area contributed by atoms with Crippen molar-refractivity contribution in [3.8, 4) is 5.75 Å². The zero-order valence-electron chi connectivity index (χ0n) is 15.3. The second kappa shape index (κ2) is 6.36. The third-order valence-corrected chi connectivity index (χ3v) is 6.10. The van der Waals surface area contributed by atoms with Crippen molar-refractivity contribution in [2.24, 2.45) is 5.41 Å². The van der Waals surface area contributed by atoms with E-state index in [0.717, 1.165) is 42.6 Å². The molecule has 1 heterocycles. The molecule has 0 bridgehead atoms. The normalized spacial score (nSPS) is 25.2. The molecule has 1 aromatic carbocycles. The summed E-state index contributed by atoms with van der Waals surface area (Å²) in [6.07, 6.45) is 4.19. The third kappa shape index (κ3) is 2.90. The topological polar surface area (TPSA) is 66.8 Å². The van der Waals surface area contributed by atoms with Crippen molar-refractivity contribution in [2.75, 3.05) is 20.2 Å². The second-order valence-corrected chi connectivity index (χ2v) is 7.82. The van der Waals surface area contributed by atoms with Crippen LogP contribution in [-0.2, 0) is 15.0 Å². The van der Waals surface area contributed by atoms with E-state index in [9.17, 15) is 14.7 Å². The maximum Gasteiger partial charge on any atom is 0.311 e. The van der Waals surface area contributed by atoms with Crippen LogP contribution in [-0.4, -0.2) is 42.1 Å². The van der Waals surface area contributed by atoms with Crippen LogP contribution < -0.4 is 4.74 Å². The molecule has 0 aromatic heterocycles. The average molecular weight is 345 g/mol. The molecule has 1 unspecified atom stereocenters. The standard InChI is InChI=1S/C20H27NO4/c1-14-6-7-15(12-16(14)25-3)20(8-4-5-9-20)17(22)21-11-10-19(2,13-21)18(23)24/h6-7,12H,4-5,8-11,13H2,1-3H3,(H,23,24). The smallest absolute Gasteiger partial charge is 0.311 e. The van der Waals surface area contributed by atoms with Gasteiger partial charge in [0, 0.05) is 13.1 Å². The van der Waals surface area contributed by atoms with E-state index in [1.807, 2.05) is 25.1 Å². The third-order valence-electron chi connectivity index (χ3n) is 6.10. The number of benzene rings is 1. The van der Waals surface area contributed by atoms with Crippen molar-refractivity contribution < 1.29 is 19.4 Å². The number of amides is 1. The summed E-state index contributed by atoms with van der Waals surface area (Å²) < 4.78 is 5.46. The molecular weight excluding hydrogens is 318 g/mol. The summed E-state index contributed by atoms with van der Waals surface area (Å²) in [4.78, 5) is 26.8. The number of carbonyl (C=O) groups is 2. The van der Waals surface area contributed by atoms with E-state index in [2.05, 4.69) is 0 Å². The molecule has 0 spiro atoms. The number of aliphatic carboxylic acids is 1. The molecule has 5 heteroatoms. The van der Waals surface area contributed by atoms with Crippen LogP contribution in [0.5, 0.6) is 5.75 Å². The minimum absolute atomic E-state index is 0.0841. The Morgan fingerprint density at radius 2 is 1.88 bits per heavy atom. The summed E-state index contributed by atoms with van der Waals surface area (Å²) >= 11 is 0. The van der Waals surface area contributed by atoms with Gasteiger partial charge in [-0.15, -0.1) is 0 Å². The molecular formula is C20H27NO4. The Labute approximate surface area is 149 Å². The van der Waals surface area contributed by atoms with Gasteiger partial charge in [0.1, 0.15) is 5.75 Å². The average Bonchev–Trinajstić information content (AvgIpc) is 3.23. The lowest BCUT2D eigenvalue weighted by Gasteiger charge is -2.33. The van der Waals surface area contributed by atoms with Gasteiger partial charge in [0.25, 0.3) is 0 Å². The van der Waals surface area contributed by atoms with Gasteiger partial charge in [-0.2, -0.15) is 0 Å². The first-order chi connectivity index (χ1) is 11.8. The highest BCUT2D eigenvalue weighted by atomic mass is 16.5. The molecule has 1 amide bonds. The van der Waals surface area contributed by atoms with Gasteiger partial charge in [-0.25, -0.2) is 0 Å². The first kappa shape index (κ1) is 17.8. The highest BCUT2D eigenvalue weighted by Crippen LogP contribution is 2.45. The fourth-order valence-electron chi connectivity index (χ4n) is 4.33. The molecule has 0 radical (unpaired) electrons. The highest BCUT2D eigenvalue weighted by molar-refractivity contribution is 5.90. The first-order valence-corrected chi connectivity index (χ1v) is 9.00. The zero-order valence-corrected chi connectivity index (χ0v) is 15.3. The van der Waals surface area contributed by atoms with Gasteiger partial charge in [0.05, 0.1) is 17.9 Å². The number of hydrogen-bond donors (Lipinski definition) is 1. The van der Waals surface area contributed by atoms with E-state index in [4.69, 9.17) is 4.74 Å². The van der Waals surface area contributed by atoms with Crippen molar-refractivity contribution in [2.45, 2.75) is 51.4 Å². The van der Waals surface area contributed by atoms with Gasteiger partial charge >= 0.3 is 5.97 Å². The minimum atomic E-state index is -0.833. The van der Waals surface area contributed by atoms with E-state index < -0.39 is 16.8 Å². The van der Waals surface area contributed by atoms with Gasteiger partial charge in [-0.1, -0.05) is 25.0 Å². The maximum absolute atomic E-state index is 13.5. The van der Waals surface area contributed by atoms with Gasteiger partial charge in [0.2, 0.25) is 5.91 Å². The summed E-state index contributed by atoms with van der Waals surface area (Å²) in [5.74, 6) is 0.0644. The Morgan fingerprint density at radius 1 is 1.20 bits per heavy atom. The Balaban J connectivity index is 1.93. The van der Waals surface area contributed by atoms with Gasteiger partial charge in [-0.05, 0) is 50.3 Å². The SMILES string of the molecule is COc1cc(C2(C(=O)N3CCC(C)(C(=O)O)C3)CCCC2)ccc1C. The van der Waals surface area contributed by atoms with Crippen molar-refractivity contribution in [3.05, 3.63) is 29.3 Å². The number of likely N-dealkylation sites (tertiary alicyclic amines) is 1. The summed E-state index contributed by atoms with van der Waals surface area (Å²) in [7, 11) is 1.65. The summed E-state index contributed by atoms with van der Waals surface area (Å²) in [6.45, 7) is 4.54. The van der Waals surface area contributed by atoms with Gasteiger partial charge in [0.15, 0.2) is 0 Å². The lowest BCUT2D eigenvalue weighted by atomic mass is 9.77. The number of hydrogen-bond acceptors (Lipinski definition) is 3. The fourth-order valence-corrected chi connectivity index (χ4v) is 4.33. The molecule has 1 N–H and O–H groups in total. The molecule has 2 aliphatic rings. The predicted molar refractivity (Wildman–Crippen MR) is 94.8 cm³/mol. The molecule has 25 heavy (non-hydrogen) atoms. The molecule has 1 aliphatic carbocycles. The van der Waals surface area contributed by atoms with Gasteiger partial charge in [-0.3, -0.25) is 9.59 Å². The molecule has 2 fully saturated rings. The molecule has 1 aliphatic heterocycles. The van der Waals surface area contributed by atoms with Crippen LogP contribution in [0.3, 0.4) is 0 Å². The number of nitrogens with zero attached hydrogens (tertiary/aromatic N) is 1. The van der Waals surface area contributed by atoms with Crippen molar-refractivity contribution in [1.29, 1.82) is 0 Å². The number of carboxylic acid groups (broad SMARTS) is 1. The van der Waals surface area contributed by atoms with Crippen LogP contribution in [0.4, 0.5) is 0 Å². The fraction of sp³-hybridized carbons (Fsp3) is 0.600. The van der Waals surface area contributed by atoms with Crippen LogP contribution in [0.2, 0.25) is 0 Å². The largest absolute Gasteiger partial charge is 0.496 e. The Morgan fingerprint density at radius 3 is 2.44 bits per heavy atom. The van der Waals surface area contributed by atoms with Crippen LogP contribution in [0.15, 0.2) is 18.2 Å². The summed E-state index contributed by atoms with van der Waals surface area (Å²) in [5.41, 5.74) is 0.679. The van der Waals surface area contributed by atoms with Crippen molar-refractivity contribution >= 4 is 11.9 Å². The number of carboxylic acids is 1. The van der Waals surface area contributed by atoms with Gasteiger partial charge < -0.3 is 14.7 Å². The first-order valence-electron chi connectivity index (χ1n) is 9.00. The second-order valence-electron chi connectivity index (χ2n) is 7.82. The summed E-state index contributed by atoms with van der Waals surface area (Å²) in [5, 5.41) is 9.46. The molecule has 1 saturated carbocycles. The quantitative estimate of drug-likeness (QED) is 0.910. The molecule has 3 rings (SSSR count). The number of rotatable bonds is 4. The van der Waals surface area contributed by atoms with E-state index in [1.54, 1.807) is 18.9 Å². The molecule has 1 aromatic rings. The van der Waals surface area contributed by atoms with Crippen LogP contribution in [0.25, 0.3) is 0 Å². The number of aryl methyl sites for hydroxylation is 1. The Bertz CT molecular complexity index is 693. The monoisotopic (exact) mass is 345 g/mol. The summed E-state index contributed by atoms with van der Waals surface area (Å²) in [6, 6.07) is 6.03. The minimum Gasteiger partial charge on any atom is -0.496 e. The number of carbonyl (C=O) groups excluding carboxylic acids is 1. The van der Waals surface area contributed by atoms with E-state index >= 15 is 0 Å². The molecule has 1 atom stereocenters. The van der Waals surface area contributed by atoms with Crippen LogP contribution >= 0.6 is 0 Å². The Kier molecular flexibility index (Phi) is 4.52. The van der Waals surface area contributed by atoms with E-state index in [0.29, 0.717) is 19.5 Å². The van der Waals surface area contributed by atoms with Crippen LogP contribution in [0, 0.1) is 12.3 Å². The molecule has 5 nitrogen and oxygen atoms in total. The zero-order chi connectivity index (χ0) is 18.2. The lowest BCUT2D eigenvalue weighted by Crippen LogP contribution is -2.45. The van der Waals surface area contributed by atoms with Crippen LogP contribution in [0.1, 0.15) is 50.2 Å². The van der Waals surface area contributed by atoms with Crippen molar-refractivity contribution in [1.82, 2.24) is 4.90 Å². The highest BCUT2D eigenvalue weighted by Gasteiger charge is 2.50. The maximum atomic E-state index is 13.5. The molecule has 1 saturated heterocycles. The van der Waals surface area contributed by atoms with E-state index in [1.165, 1.54) is 0 Å². The number of methoxy groups -OCH3 is 1. The number of ether oxygens (including phenoxy) is 1. The van der Waals surface area contributed by atoms with Crippen molar-refractivity contribution in [3.63, 3.8) is 0 Å². The lowest BCUT2D eigenvalue weighted by molar-refractivity contribution is -0.147. The van der Waals surface area contributed by atoms with E-state index in [-0.39, 0.29) is 5.91 Å². The molecule has 136 valence electrons. The Hall–Kier alpha value is -2.04.